The van der Waals surface area contributed by atoms with E-state index in [2.05, 4.69) is 4.98 Å². The van der Waals surface area contributed by atoms with E-state index in [1.54, 1.807) is 0 Å². The Labute approximate surface area is 119 Å². The van der Waals surface area contributed by atoms with Crippen LogP contribution in [0.5, 0.6) is 0 Å². The summed E-state index contributed by atoms with van der Waals surface area (Å²) in [5, 5.41) is -0.425. The van der Waals surface area contributed by atoms with Crippen molar-refractivity contribution in [1.29, 1.82) is 0 Å². The second-order valence-electron chi connectivity index (χ2n) is 5.66. The van der Waals surface area contributed by atoms with Crippen LogP contribution in [0.4, 0.5) is 4.39 Å². The minimum atomic E-state index is -3.82. The summed E-state index contributed by atoms with van der Waals surface area (Å²) in [5.41, 5.74) is 0. The number of halogens is 1. The molecule has 6 heteroatoms. The standard InChI is InChI=1S/C14H19FN2O2S/c15-12-7-3-9-16-14(12)20(18,19)17-10-4-6-11-5-1-2-8-13(11)17/h3,7,9,11,13H,1-2,4-6,8,10H2/t11-,13-/m1/s1. The first-order chi connectivity index (χ1) is 9.60. The van der Waals surface area contributed by atoms with Crippen LogP contribution in [0.25, 0.3) is 0 Å². The quantitative estimate of drug-likeness (QED) is 0.843. The molecule has 0 radical (unpaired) electrons. The van der Waals surface area contributed by atoms with Crippen molar-refractivity contribution in [3.05, 3.63) is 24.1 Å². The van der Waals surface area contributed by atoms with Crippen LogP contribution in [0, 0.1) is 11.7 Å². The zero-order valence-corrected chi connectivity index (χ0v) is 12.2. The number of nitrogens with zero attached hydrogens (tertiary/aromatic N) is 2. The Kier molecular flexibility index (Phi) is 3.77. The fourth-order valence-electron chi connectivity index (χ4n) is 3.55. The predicted molar refractivity (Wildman–Crippen MR) is 73.1 cm³/mol. The third-order valence-corrected chi connectivity index (χ3v) is 6.33. The maximum atomic E-state index is 13.8. The number of piperidine rings is 1. The second-order valence-corrected chi connectivity index (χ2v) is 7.47. The molecule has 0 spiro atoms. The summed E-state index contributed by atoms with van der Waals surface area (Å²) in [6.45, 7) is 0.486. The Morgan fingerprint density at radius 3 is 2.75 bits per heavy atom. The molecule has 110 valence electrons. The molecule has 0 aromatic carbocycles. The van der Waals surface area contributed by atoms with Gasteiger partial charge in [-0.25, -0.2) is 17.8 Å². The zero-order valence-electron chi connectivity index (χ0n) is 11.3. The minimum absolute atomic E-state index is 0.0314. The molecule has 1 saturated carbocycles. The first kappa shape index (κ1) is 13.9. The first-order valence-corrected chi connectivity index (χ1v) is 8.67. The number of aromatic nitrogens is 1. The molecule has 0 unspecified atom stereocenters. The molecule has 0 amide bonds. The second kappa shape index (κ2) is 5.41. The van der Waals surface area contributed by atoms with E-state index in [1.165, 1.54) is 23.0 Å². The maximum Gasteiger partial charge on any atom is 0.263 e. The van der Waals surface area contributed by atoms with Crippen molar-refractivity contribution in [2.24, 2.45) is 5.92 Å². The van der Waals surface area contributed by atoms with Crippen molar-refractivity contribution in [2.45, 2.75) is 49.6 Å². The predicted octanol–water partition coefficient (Wildman–Crippen LogP) is 2.56. The molecule has 0 N–H and O–H groups in total. The summed E-state index contributed by atoms with van der Waals surface area (Å²) in [6.07, 6.45) is 7.47. The first-order valence-electron chi connectivity index (χ1n) is 7.23. The molecule has 1 aromatic rings. The van der Waals surface area contributed by atoms with Gasteiger partial charge in [0.15, 0.2) is 5.82 Å². The third-order valence-electron chi connectivity index (χ3n) is 4.47. The molecule has 0 bridgehead atoms. The van der Waals surface area contributed by atoms with Crippen LogP contribution in [0.1, 0.15) is 38.5 Å². The van der Waals surface area contributed by atoms with Gasteiger partial charge in [0.25, 0.3) is 10.0 Å². The van der Waals surface area contributed by atoms with E-state index in [1.807, 2.05) is 0 Å². The molecule has 2 fully saturated rings. The number of fused-ring (bicyclic) bond motifs is 1. The van der Waals surface area contributed by atoms with Crippen molar-refractivity contribution in [2.75, 3.05) is 6.54 Å². The van der Waals surface area contributed by atoms with Gasteiger partial charge in [-0.2, -0.15) is 4.31 Å². The van der Waals surface area contributed by atoms with Crippen LogP contribution in [-0.2, 0) is 10.0 Å². The molecular weight excluding hydrogens is 279 g/mol. The highest BCUT2D eigenvalue weighted by molar-refractivity contribution is 7.89. The van der Waals surface area contributed by atoms with E-state index in [0.717, 1.165) is 38.2 Å². The average molecular weight is 298 g/mol. The molecule has 4 nitrogen and oxygen atoms in total. The van der Waals surface area contributed by atoms with Gasteiger partial charge in [0.05, 0.1) is 0 Å². The van der Waals surface area contributed by atoms with E-state index in [4.69, 9.17) is 0 Å². The Hall–Kier alpha value is -1.01. The van der Waals surface area contributed by atoms with Crippen LogP contribution in [0.2, 0.25) is 0 Å². The molecule has 20 heavy (non-hydrogen) atoms. The van der Waals surface area contributed by atoms with Crippen LogP contribution in [0.3, 0.4) is 0 Å². The molecule has 1 saturated heterocycles. The smallest absolute Gasteiger partial charge is 0.241 e. The van der Waals surface area contributed by atoms with E-state index in [-0.39, 0.29) is 6.04 Å². The summed E-state index contributed by atoms with van der Waals surface area (Å²) in [4.78, 5) is 3.76. The molecule has 1 aromatic heterocycles. The lowest BCUT2D eigenvalue weighted by Gasteiger charge is -2.42. The fraction of sp³-hybridized carbons (Fsp3) is 0.643. The van der Waals surface area contributed by atoms with Crippen LogP contribution in [0.15, 0.2) is 23.4 Å². The number of hydrogen-bond donors (Lipinski definition) is 0. The van der Waals surface area contributed by atoms with E-state index in [9.17, 15) is 12.8 Å². The van der Waals surface area contributed by atoms with E-state index >= 15 is 0 Å². The molecule has 3 rings (SSSR count). The van der Waals surface area contributed by atoms with Gasteiger partial charge in [-0.05, 0) is 43.7 Å². The number of sulfonamides is 1. The molecule has 1 aliphatic heterocycles. The molecular formula is C14H19FN2O2S. The molecule has 2 heterocycles. The van der Waals surface area contributed by atoms with Crippen molar-refractivity contribution in [3.63, 3.8) is 0 Å². The highest BCUT2D eigenvalue weighted by Crippen LogP contribution is 2.37. The maximum absolute atomic E-state index is 13.8. The van der Waals surface area contributed by atoms with Gasteiger partial charge in [-0.3, -0.25) is 0 Å². The number of hydrogen-bond acceptors (Lipinski definition) is 3. The Bertz CT molecular complexity index is 589. The lowest BCUT2D eigenvalue weighted by Crippen LogP contribution is -2.49. The normalized spacial score (nSPS) is 28.1. The van der Waals surface area contributed by atoms with Crippen LogP contribution >= 0.6 is 0 Å². The van der Waals surface area contributed by atoms with Gasteiger partial charge in [0.1, 0.15) is 0 Å². The van der Waals surface area contributed by atoms with Gasteiger partial charge >= 0.3 is 0 Å². The zero-order chi connectivity index (χ0) is 14.2. The van der Waals surface area contributed by atoms with Gasteiger partial charge in [-0.1, -0.05) is 12.8 Å². The monoisotopic (exact) mass is 298 g/mol. The largest absolute Gasteiger partial charge is 0.263 e. The highest BCUT2D eigenvalue weighted by atomic mass is 32.2. The summed E-state index contributed by atoms with van der Waals surface area (Å²) < 4.78 is 40.7. The number of pyridine rings is 1. The van der Waals surface area contributed by atoms with E-state index in [0.29, 0.717) is 12.5 Å². The summed E-state index contributed by atoms with van der Waals surface area (Å²) in [6, 6.07) is 2.60. The Balaban J connectivity index is 1.96. The summed E-state index contributed by atoms with van der Waals surface area (Å²) in [7, 11) is -3.82. The lowest BCUT2D eigenvalue weighted by molar-refractivity contribution is 0.128. The fourth-order valence-corrected chi connectivity index (χ4v) is 5.28. The molecule has 1 aliphatic carbocycles. The van der Waals surface area contributed by atoms with Crippen molar-refractivity contribution in [1.82, 2.24) is 9.29 Å². The van der Waals surface area contributed by atoms with E-state index < -0.39 is 20.9 Å². The minimum Gasteiger partial charge on any atom is -0.241 e. The Morgan fingerprint density at radius 1 is 1.20 bits per heavy atom. The van der Waals surface area contributed by atoms with Gasteiger partial charge in [0.2, 0.25) is 5.03 Å². The SMILES string of the molecule is O=S(=O)(c1ncccc1F)N1CCC[C@H]2CCCC[C@H]21. The van der Waals surface area contributed by atoms with Gasteiger partial charge < -0.3 is 0 Å². The van der Waals surface area contributed by atoms with Crippen molar-refractivity contribution in [3.8, 4) is 0 Å². The van der Waals surface area contributed by atoms with Crippen LogP contribution < -0.4 is 0 Å². The summed E-state index contributed by atoms with van der Waals surface area (Å²) >= 11 is 0. The number of rotatable bonds is 2. The third kappa shape index (κ3) is 2.35. The highest BCUT2D eigenvalue weighted by Gasteiger charge is 2.41. The van der Waals surface area contributed by atoms with Crippen molar-refractivity contribution >= 4 is 10.0 Å². The molecule has 2 aliphatic rings. The molecule has 2 atom stereocenters. The van der Waals surface area contributed by atoms with Gasteiger partial charge in [-0.15, -0.1) is 0 Å². The average Bonchev–Trinajstić information content (AvgIpc) is 2.47. The van der Waals surface area contributed by atoms with Crippen LogP contribution in [-0.4, -0.2) is 30.3 Å². The summed E-state index contributed by atoms with van der Waals surface area (Å²) in [5.74, 6) is -0.329. The lowest BCUT2D eigenvalue weighted by atomic mass is 9.79. The van der Waals surface area contributed by atoms with Crippen molar-refractivity contribution < 1.29 is 12.8 Å². The topological polar surface area (TPSA) is 50.3 Å². The van der Waals surface area contributed by atoms with Gasteiger partial charge in [0, 0.05) is 18.8 Å². The Morgan fingerprint density at radius 2 is 1.95 bits per heavy atom.